The minimum absolute atomic E-state index is 0.267. The van der Waals surface area contributed by atoms with E-state index in [-0.39, 0.29) is 5.25 Å². The zero-order valence-corrected chi connectivity index (χ0v) is 11.0. The average molecular weight is 251 g/mol. The Morgan fingerprint density at radius 2 is 2.24 bits per heavy atom. The van der Waals surface area contributed by atoms with Gasteiger partial charge in [0.2, 0.25) is 5.89 Å². The second kappa shape index (κ2) is 6.07. The van der Waals surface area contributed by atoms with E-state index in [1.54, 1.807) is 11.8 Å². The Kier molecular flexibility index (Phi) is 4.45. The van der Waals surface area contributed by atoms with E-state index in [2.05, 4.69) is 11.9 Å². The molecule has 4 heteroatoms. The molecule has 0 saturated heterocycles. The summed E-state index contributed by atoms with van der Waals surface area (Å²) in [4.78, 5) is 4.48. The molecule has 1 aromatic carbocycles. The molecule has 92 valence electrons. The van der Waals surface area contributed by atoms with Gasteiger partial charge in [0.15, 0.2) is 5.58 Å². The van der Waals surface area contributed by atoms with Crippen LogP contribution in [0.1, 0.15) is 25.0 Å². The Hall–Kier alpha value is -1.00. The van der Waals surface area contributed by atoms with Gasteiger partial charge >= 0.3 is 0 Å². The molecule has 1 atom stereocenters. The zero-order valence-electron chi connectivity index (χ0n) is 10.2. The molecule has 0 aliphatic rings. The molecule has 1 aromatic heterocycles. The quantitative estimate of drug-likeness (QED) is 0.734. The third kappa shape index (κ3) is 3.23. The first-order chi connectivity index (χ1) is 8.31. The lowest BCUT2D eigenvalue weighted by Gasteiger charge is -2.06. The molecule has 0 N–H and O–H groups in total. The fourth-order valence-electron chi connectivity index (χ4n) is 1.56. The second-order valence-electron chi connectivity index (χ2n) is 3.73. The van der Waals surface area contributed by atoms with E-state index in [9.17, 15) is 0 Å². The summed E-state index contributed by atoms with van der Waals surface area (Å²) in [6.07, 6.45) is 0. The standard InChI is InChI=1S/C13H17NO2S/c1-3-15-8-9-17-10(2)13-14-11-6-4-5-7-12(11)16-13/h4-7,10H,3,8-9H2,1-2H3. The minimum Gasteiger partial charge on any atom is -0.439 e. The lowest BCUT2D eigenvalue weighted by Crippen LogP contribution is -1.98. The number of benzene rings is 1. The Morgan fingerprint density at radius 1 is 1.41 bits per heavy atom. The number of hydrogen-bond donors (Lipinski definition) is 0. The predicted octanol–water partition coefficient (Wildman–Crippen LogP) is 3.66. The van der Waals surface area contributed by atoms with Crippen LogP contribution in [0, 0.1) is 0 Å². The van der Waals surface area contributed by atoms with Crippen molar-refractivity contribution in [3.05, 3.63) is 30.2 Å². The smallest absolute Gasteiger partial charge is 0.208 e. The first kappa shape index (κ1) is 12.5. The van der Waals surface area contributed by atoms with Crippen LogP contribution in [0.4, 0.5) is 0 Å². The van der Waals surface area contributed by atoms with Crippen molar-refractivity contribution in [2.75, 3.05) is 19.0 Å². The third-order valence-corrected chi connectivity index (χ3v) is 3.56. The van der Waals surface area contributed by atoms with E-state index >= 15 is 0 Å². The van der Waals surface area contributed by atoms with Gasteiger partial charge < -0.3 is 9.15 Å². The second-order valence-corrected chi connectivity index (χ2v) is 5.18. The van der Waals surface area contributed by atoms with Gasteiger partial charge in [0.05, 0.1) is 11.9 Å². The van der Waals surface area contributed by atoms with Gasteiger partial charge in [-0.25, -0.2) is 4.98 Å². The lowest BCUT2D eigenvalue weighted by atomic mass is 10.3. The van der Waals surface area contributed by atoms with Gasteiger partial charge in [-0.2, -0.15) is 0 Å². The molecule has 0 aliphatic heterocycles. The van der Waals surface area contributed by atoms with E-state index in [1.807, 2.05) is 31.2 Å². The van der Waals surface area contributed by atoms with Crippen LogP contribution in [-0.2, 0) is 4.74 Å². The van der Waals surface area contributed by atoms with Crippen LogP contribution in [0.5, 0.6) is 0 Å². The first-order valence-electron chi connectivity index (χ1n) is 5.86. The summed E-state index contributed by atoms with van der Waals surface area (Å²) in [5.41, 5.74) is 1.79. The molecule has 0 spiro atoms. The topological polar surface area (TPSA) is 35.3 Å². The summed E-state index contributed by atoms with van der Waals surface area (Å²) in [7, 11) is 0. The molecule has 0 fully saturated rings. The number of nitrogens with zero attached hydrogens (tertiary/aromatic N) is 1. The molecule has 0 aliphatic carbocycles. The minimum atomic E-state index is 0.267. The van der Waals surface area contributed by atoms with Gasteiger partial charge in [0, 0.05) is 12.4 Å². The third-order valence-electron chi connectivity index (χ3n) is 2.46. The van der Waals surface area contributed by atoms with Gasteiger partial charge in [-0.3, -0.25) is 0 Å². The van der Waals surface area contributed by atoms with Crippen molar-refractivity contribution < 1.29 is 9.15 Å². The molecule has 0 amide bonds. The van der Waals surface area contributed by atoms with E-state index in [4.69, 9.17) is 9.15 Å². The predicted molar refractivity (Wildman–Crippen MR) is 71.4 cm³/mol. The van der Waals surface area contributed by atoms with Crippen LogP contribution in [0.25, 0.3) is 11.1 Å². The van der Waals surface area contributed by atoms with Crippen molar-refractivity contribution in [2.45, 2.75) is 19.1 Å². The first-order valence-corrected chi connectivity index (χ1v) is 6.91. The summed E-state index contributed by atoms with van der Waals surface area (Å²) in [5, 5.41) is 0.267. The van der Waals surface area contributed by atoms with E-state index < -0.39 is 0 Å². The molecule has 0 bridgehead atoms. The summed E-state index contributed by atoms with van der Waals surface area (Å²) in [5.74, 6) is 1.76. The Balaban J connectivity index is 1.96. The number of fused-ring (bicyclic) bond motifs is 1. The summed E-state index contributed by atoms with van der Waals surface area (Å²) >= 11 is 1.80. The number of aromatic nitrogens is 1. The highest BCUT2D eigenvalue weighted by atomic mass is 32.2. The van der Waals surface area contributed by atoms with Gasteiger partial charge in [-0.1, -0.05) is 12.1 Å². The van der Waals surface area contributed by atoms with Gasteiger partial charge in [0.25, 0.3) is 0 Å². The number of para-hydroxylation sites is 2. The molecular weight excluding hydrogens is 234 g/mol. The Labute approximate surface area is 106 Å². The molecule has 0 saturated carbocycles. The van der Waals surface area contributed by atoms with E-state index in [0.717, 1.165) is 36.0 Å². The SMILES string of the molecule is CCOCCSC(C)c1nc2ccccc2o1. The van der Waals surface area contributed by atoms with Crippen molar-refractivity contribution >= 4 is 22.9 Å². The van der Waals surface area contributed by atoms with Crippen LogP contribution < -0.4 is 0 Å². The van der Waals surface area contributed by atoms with Crippen molar-refractivity contribution in [1.29, 1.82) is 0 Å². The molecule has 1 unspecified atom stereocenters. The van der Waals surface area contributed by atoms with Crippen LogP contribution in [-0.4, -0.2) is 24.0 Å². The Morgan fingerprint density at radius 3 is 3.00 bits per heavy atom. The van der Waals surface area contributed by atoms with Crippen LogP contribution in [0.15, 0.2) is 28.7 Å². The van der Waals surface area contributed by atoms with Gasteiger partial charge in [0.1, 0.15) is 5.52 Å². The van der Waals surface area contributed by atoms with Crippen molar-refractivity contribution in [3.8, 4) is 0 Å². The highest BCUT2D eigenvalue weighted by Crippen LogP contribution is 2.29. The van der Waals surface area contributed by atoms with Crippen molar-refractivity contribution in [3.63, 3.8) is 0 Å². The van der Waals surface area contributed by atoms with Crippen LogP contribution >= 0.6 is 11.8 Å². The normalized spacial score (nSPS) is 13.1. The van der Waals surface area contributed by atoms with Crippen molar-refractivity contribution in [1.82, 2.24) is 4.98 Å². The maximum Gasteiger partial charge on any atom is 0.208 e. The molecule has 0 radical (unpaired) electrons. The summed E-state index contributed by atoms with van der Waals surface area (Å²) in [6.45, 7) is 5.68. The monoisotopic (exact) mass is 251 g/mol. The van der Waals surface area contributed by atoms with Crippen molar-refractivity contribution in [2.24, 2.45) is 0 Å². The van der Waals surface area contributed by atoms with E-state index in [1.165, 1.54) is 0 Å². The average Bonchev–Trinajstić information content (AvgIpc) is 2.78. The maximum absolute atomic E-state index is 5.71. The highest BCUT2D eigenvalue weighted by molar-refractivity contribution is 7.99. The molecule has 1 heterocycles. The number of oxazole rings is 1. The number of rotatable bonds is 6. The summed E-state index contributed by atoms with van der Waals surface area (Å²) in [6, 6.07) is 7.86. The highest BCUT2D eigenvalue weighted by Gasteiger charge is 2.13. The van der Waals surface area contributed by atoms with Crippen LogP contribution in [0.2, 0.25) is 0 Å². The van der Waals surface area contributed by atoms with E-state index in [0.29, 0.717) is 0 Å². The molecule has 17 heavy (non-hydrogen) atoms. The van der Waals surface area contributed by atoms with Crippen LogP contribution in [0.3, 0.4) is 0 Å². The Bertz CT molecular complexity index is 436. The number of thioether (sulfide) groups is 1. The number of hydrogen-bond acceptors (Lipinski definition) is 4. The lowest BCUT2D eigenvalue weighted by molar-refractivity contribution is 0.164. The molecular formula is C13H17NO2S. The fourth-order valence-corrected chi connectivity index (χ4v) is 2.37. The maximum atomic E-state index is 5.71. The zero-order chi connectivity index (χ0) is 12.1. The molecule has 2 aromatic rings. The van der Waals surface area contributed by atoms with Gasteiger partial charge in [-0.05, 0) is 26.0 Å². The number of ether oxygens (including phenoxy) is 1. The largest absolute Gasteiger partial charge is 0.439 e. The molecule has 2 rings (SSSR count). The fraction of sp³-hybridized carbons (Fsp3) is 0.462. The summed E-state index contributed by atoms with van der Waals surface area (Å²) < 4.78 is 11.0. The molecule has 3 nitrogen and oxygen atoms in total. The van der Waals surface area contributed by atoms with Gasteiger partial charge in [-0.15, -0.1) is 11.8 Å².